The van der Waals surface area contributed by atoms with E-state index >= 15 is 0 Å². The molecule has 0 amide bonds. The zero-order valence-corrected chi connectivity index (χ0v) is 11.3. The predicted molar refractivity (Wildman–Crippen MR) is 73.6 cm³/mol. The Labute approximate surface area is 110 Å². The van der Waals surface area contributed by atoms with Gasteiger partial charge in [-0.3, -0.25) is 0 Å². The molecular weight excluding hydrogens is 224 g/mol. The van der Waals surface area contributed by atoms with E-state index in [0.717, 1.165) is 37.9 Å². The molecule has 2 unspecified atom stereocenters. The second kappa shape index (κ2) is 6.91. The molecule has 1 N–H and O–H groups in total. The number of benzene rings is 1. The van der Waals surface area contributed by atoms with E-state index in [1.807, 2.05) is 0 Å². The van der Waals surface area contributed by atoms with E-state index in [0.29, 0.717) is 6.10 Å². The van der Waals surface area contributed by atoms with Crippen molar-refractivity contribution in [2.24, 2.45) is 0 Å². The molecule has 0 bridgehead atoms. The molecule has 0 aliphatic carbocycles. The maximum atomic E-state index is 10.1. The number of hydrogen-bond acceptors (Lipinski definition) is 2. The minimum Gasteiger partial charge on any atom is -0.388 e. The third-order valence-corrected chi connectivity index (χ3v) is 3.80. The van der Waals surface area contributed by atoms with Gasteiger partial charge in [-0.1, -0.05) is 31.2 Å². The minimum atomic E-state index is -0.322. The summed E-state index contributed by atoms with van der Waals surface area (Å²) in [5, 5.41) is 10.1. The fourth-order valence-corrected chi connectivity index (χ4v) is 2.55. The van der Waals surface area contributed by atoms with Gasteiger partial charge in [-0.25, -0.2) is 0 Å². The summed E-state index contributed by atoms with van der Waals surface area (Å²) in [6.07, 6.45) is 6.54. The van der Waals surface area contributed by atoms with Gasteiger partial charge in [0, 0.05) is 6.61 Å². The molecule has 0 saturated carbocycles. The lowest BCUT2D eigenvalue weighted by Crippen LogP contribution is -2.06. The smallest absolute Gasteiger partial charge is 0.0790 e. The van der Waals surface area contributed by atoms with Gasteiger partial charge in [0.05, 0.1) is 12.2 Å². The Morgan fingerprint density at radius 2 is 2.11 bits per heavy atom. The SMILES string of the molecule is CCc1ccc(C(O)CCCC2CCCO2)cc1. The van der Waals surface area contributed by atoms with Crippen molar-refractivity contribution in [1.29, 1.82) is 0 Å². The first-order valence-electron chi connectivity index (χ1n) is 7.18. The maximum Gasteiger partial charge on any atom is 0.0790 e. The molecule has 1 heterocycles. The largest absolute Gasteiger partial charge is 0.388 e. The highest BCUT2D eigenvalue weighted by Crippen LogP contribution is 2.23. The van der Waals surface area contributed by atoms with Gasteiger partial charge < -0.3 is 9.84 Å². The summed E-state index contributed by atoms with van der Waals surface area (Å²) in [5.74, 6) is 0. The van der Waals surface area contributed by atoms with Crippen LogP contribution < -0.4 is 0 Å². The average Bonchev–Trinajstić information content (AvgIpc) is 2.92. The van der Waals surface area contributed by atoms with Gasteiger partial charge in [0.2, 0.25) is 0 Å². The second-order valence-corrected chi connectivity index (χ2v) is 5.18. The molecule has 0 spiro atoms. The highest BCUT2D eigenvalue weighted by atomic mass is 16.5. The van der Waals surface area contributed by atoms with Crippen molar-refractivity contribution in [1.82, 2.24) is 0 Å². The molecule has 0 radical (unpaired) electrons. The van der Waals surface area contributed by atoms with Crippen LogP contribution in [-0.2, 0) is 11.2 Å². The highest BCUT2D eigenvalue weighted by molar-refractivity contribution is 5.24. The van der Waals surface area contributed by atoms with E-state index in [-0.39, 0.29) is 6.10 Å². The fourth-order valence-electron chi connectivity index (χ4n) is 2.55. The van der Waals surface area contributed by atoms with Gasteiger partial charge in [-0.15, -0.1) is 0 Å². The van der Waals surface area contributed by atoms with Gasteiger partial charge in [0.25, 0.3) is 0 Å². The Balaban J connectivity index is 1.74. The van der Waals surface area contributed by atoms with Crippen molar-refractivity contribution < 1.29 is 9.84 Å². The molecule has 1 aliphatic rings. The number of rotatable bonds is 6. The first kappa shape index (κ1) is 13.6. The molecule has 1 fully saturated rings. The summed E-state index contributed by atoms with van der Waals surface area (Å²) in [5.41, 5.74) is 2.37. The number of ether oxygens (including phenoxy) is 1. The summed E-state index contributed by atoms with van der Waals surface area (Å²) in [7, 11) is 0. The normalized spacial score (nSPS) is 21.1. The van der Waals surface area contributed by atoms with Crippen LogP contribution >= 0.6 is 0 Å². The molecule has 2 atom stereocenters. The van der Waals surface area contributed by atoms with Gasteiger partial charge in [0.1, 0.15) is 0 Å². The Bertz CT molecular complexity index is 339. The molecule has 2 rings (SSSR count). The van der Waals surface area contributed by atoms with E-state index in [1.54, 1.807) is 0 Å². The maximum absolute atomic E-state index is 10.1. The van der Waals surface area contributed by atoms with E-state index in [9.17, 15) is 5.11 Å². The van der Waals surface area contributed by atoms with Crippen molar-refractivity contribution in [3.8, 4) is 0 Å². The van der Waals surface area contributed by atoms with Crippen LogP contribution in [0.25, 0.3) is 0 Å². The zero-order chi connectivity index (χ0) is 12.8. The van der Waals surface area contributed by atoms with Crippen LogP contribution in [0, 0.1) is 0 Å². The summed E-state index contributed by atoms with van der Waals surface area (Å²) in [6, 6.07) is 8.32. The van der Waals surface area contributed by atoms with Gasteiger partial charge >= 0.3 is 0 Å². The van der Waals surface area contributed by atoms with Gasteiger partial charge in [-0.05, 0) is 49.7 Å². The first-order chi connectivity index (χ1) is 8.79. The van der Waals surface area contributed by atoms with Crippen LogP contribution in [0.15, 0.2) is 24.3 Å². The van der Waals surface area contributed by atoms with Crippen molar-refractivity contribution in [3.05, 3.63) is 35.4 Å². The van der Waals surface area contributed by atoms with Gasteiger partial charge in [0.15, 0.2) is 0 Å². The fraction of sp³-hybridized carbons (Fsp3) is 0.625. The van der Waals surface area contributed by atoms with Crippen molar-refractivity contribution in [3.63, 3.8) is 0 Å². The quantitative estimate of drug-likeness (QED) is 0.833. The number of aliphatic hydroxyl groups excluding tert-OH is 1. The topological polar surface area (TPSA) is 29.5 Å². The Morgan fingerprint density at radius 3 is 2.72 bits per heavy atom. The Morgan fingerprint density at radius 1 is 1.33 bits per heavy atom. The zero-order valence-electron chi connectivity index (χ0n) is 11.3. The monoisotopic (exact) mass is 248 g/mol. The molecular formula is C16H24O2. The van der Waals surface area contributed by atoms with Crippen LogP contribution in [0.5, 0.6) is 0 Å². The summed E-state index contributed by atoms with van der Waals surface area (Å²) < 4.78 is 5.59. The molecule has 2 heteroatoms. The lowest BCUT2D eigenvalue weighted by atomic mass is 10.00. The summed E-state index contributed by atoms with van der Waals surface area (Å²) in [4.78, 5) is 0. The number of aliphatic hydroxyl groups is 1. The number of aryl methyl sites for hydroxylation is 1. The lowest BCUT2D eigenvalue weighted by Gasteiger charge is -2.13. The number of hydrogen-bond donors (Lipinski definition) is 1. The van der Waals surface area contributed by atoms with Crippen LogP contribution in [0.2, 0.25) is 0 Å². The van der Waals surface area contributed by atoms with Gasteiger partial charge in [-0.2, -0.15) is 0 Å². The van der Waals surface area contributed by atoms with E-state index in [2.05, 4.69) is 31.2 Å². The van der Waals surface area contributed by atoms with Crippen molar-refractivity contribution >= 4 is 0 Å². The molecule has 100 valence electrons. The first-order valence-corrected chi connectivity index (χ1v) is 7.18. The molecule has 2 nitrogen and oxygen atoms in total. The molecule has 0 aromatic heterocycles. The second-order valence-electron chi connectivity index (χ2n) is 5.18. The average molecular weight is 248 g/mol. The lowest BCUT2D eigenvalue weighted by molar-refractivity contribution is 0.0945. The van der Waals surface area contributed by atoms with E-state index in [1.165, 1.54) is 18.4 Å². The predicted octanol–water partition coefficient (Wildman–Crippen LogP) is 3.63. The molecule has 1 saturated heterocycles. The standard InChI is InChI=1S/C16H24O2/c1-2-13-8-10-14(11-9-13)16(17)7-3-5-15-6-4-12-18-15/h8-11,15-17H,2-7,12H2,1H3. The summed E-state index contributed by atoms with van der Waals surface area (Å²) >= 11 is 0. The van der Waals surface area contributed by atoms with E-state index in [4.69, 9.17) is 4.74 Å². The highest BCUT2D eigenvalue weighted by Gasteiger charge is 2.16. The minimum absolute atomic E-state index is 0.322. The molecule has 1 aliphatic heterocycles. The van der Waals surface area contributed by atoms with Crippen molar-refractivity contribution in [2.45, 2.75) is 57.7 Å². The van der Waals surface area contributed by atoms with E-state index < -0.39 is 0 Å². The van der Waals surface area contributed by atoms with Crippen LogP contribution in [0.3, 0.4) is 0 Å². The summed E-state index contributed by atoms with van der Waals surface area (Å²) in [6.45, 7) is 3.07. The third kappa shape index (κ3) is 3.82. The molecule has 18 heavy (non-hydrogen) atoms. The van der Waals surface area contributed by atoms with Crippen LogP contribution in [-0.4, -0.2) is 17.8 Å². The third-order valence-electron chi connectivity index (χ3n) is 3.80. The Hall–Kier alpha value is -0.860. The Kier molecular flexibility index (Phi) is 5.21. The molecule has 1 aromatic rings. The van der Waals surface area contributed by atoms with Crippen molar-refractivity contribution in [2.75, 3.05) is 6.61 Å². The van der Waals surface area contributed by atoms with Crippen LogP contribution in [0.4, 0.5) is 0 Å². The van der Waals surface area contributed by atoms with Crippen LogP contribution in [0.1, 0.15) is 56.3 Å². The molecule has 1 aromatic carbocycles.